The molecule has 0 atom stereocenters. The van der Waals surface area contributed by atoms with Gasteiger partial charge < -0.3 is 14.8 Å². The molecule has 0 spiro atoms. The first-order valence-corrected chi connectivity index (χ1v) is 10.4. The summed E-state index contributed by atoms with van der Waals surface area (Å²) in [5, 5.41) is 11.9. The van der Waals surface area contributed by atoms with E-state index in [9.17, 15) is 9.59 Å². The molecule has 2 aromatic carbocycles. The van der Waals surface area contributed by atoms with Crippen LogP contribution in [0.2, 0.25) is 5.02 Å². The highest BCUT2D eigenvalue weighted by Gasteiger charge is 2.11. The number of ether oxygens (including phenoxy) is 2. The summed E-state index contributed by atoms with van der Waals surface area (Å²) in [5.41, 5.74) is 1.36. The van der Waals surface area contributed by atoms with Gasteiger partial charge in [0.25, 0.3) is 0 Å². The quantitative estimate of drug-likeness (QED) is 0.396. The Morgan fingerprint density at radius 3 is 2.83 bits per heavy atom. The molecule has 0 aliphatic heterocycles. The summed E-state index contributed by atoms with van der Waals surface area (Å²) in [6, 6.07) is 14.1. The minimum atomic E-state index is -0.452. The molecule has 1 aromatic heterocycles. The molecule has 156 valence electrons. The van der Waals surface area contributed by atoms with E-state index in [1.807, 2.05) is 12.1 Å². The van der Waals surface area contributed by atoms with E-state index in [-0.39, 0.29) is 18.3 Å². The molecule has 0 unspecified atom stereocenters. The van der Waals surface area contributed by atoms with Crippen LogP contribution in [0.5, 0.6) is 5.75 Å². The van der Waals surface area contributed by atoms with Crippen LogP contribution in [0.4, 0.5) is 5.69 Å². The van der Waals surface area contributed by atoms with E-state index in [4.69, 9.17) is 21.1 Å². The molecule has 1 N–H and O–H groups in total. The normalized spacial score (nSPS) is 10.5. The number of benzene rings is 2. The van der Waals surface area contributed by atoms with Gasteiger partial charge in [0.2, 0.25) is 5.91 Å². The van der Waals surface area contributed by atoms with Crippen molar-refractivity contribution in [2.45, 2.75) is 12.1 Å². The van der Waals surface area contributed by atoms with Crippen molar-refractivity contribution in [3.63, 3.8) is 0 Å². The fourth-order valence-electron chi connectivity index (χ4n) is 2.46. The fourth-order valence-corrected chi connectivity index (χ4v) is 3.38. The number of hydrogen-bond donors (Lipinski definition) is 1. The van der Waals surface area contributed by atoms with E-state index in [1.54, 1.807) is 54.2 Å². The summed E-state index contributed by atoms with van der Waals surface area (Å²) in [5.74, 6) is -0.0859. The lowest BCUT2D eigenvalue weighted by molar-refractivity contribution is -0.145. The van der Waals surface area contributed by atoms with Gasteiger partial charge in [-0.05, 0) is 37.3 Å². The summed E-state index contributed by atoms with van der Waals surface area (Å²) in [4.78, 5) is 23.7. The summed E-state index contributed by atoms with van der Waals surface area (Å²) in [6.45, 7) is 1.82. The summed E-state index contributed by atoms with van der Waals surface area (Å²) < 4.78 is 11.9. The van der Waals surface area contributed by atoms with Gasteiger partial charge in [-0.2, -0.15) is 0 Å². The second kappa shape index (κ2) is 10.7. The van der Waals surface area contributed by atoms with Crippen LogP contribution in [-0.2, 0) is 14.3 Å². The van der Waals surface area contributed by atoms with E-state index in [0.29, 0.717) is 28.2 Å². The zero-order valence-corrected chi connectivity index (χ0v) is 17.7. The number of aromatic nitrogens is 3. The number of carbonyl (C=O) groups is 2. The molecule has 3 aromatic rings. The van der Waals surface area contributed by atoms with E-state index in [1.165, 1.54) is 11.8 Å². The van der Waals surface area contributed by atoms with E-state index < -0.39 is 5.97 Å². The van der Waals surface area contributed by atoms with Crippen LogP contribution in [0.1, 0.15) is 6.92 Å². The highest BCUT2D eigenvalue weighted by Crippen LogP contribution is 2.22. The lowest BCUT2D eigenvalue weighted by atomic mass is 10.3. The standard InChI is InChI=1S/C20H19ClN4O4S/c1-2-28-19(27)11-29-17-8-4-6-15(10-17)23-18(26)12-30-20-24-22-13-25(20)16-7-3-5-14(21)9-16/h3-10,13H,2,11-12H2,1H3,(H,23,26). The zero-order chi connectivity index (χ0) is 21.3. The highest BCUT2D eigenvalue weighted by molar-refractivity contribution is 7.99. The van der Waals surface area contributed by atoms with Gasteiger partial charge >= 0.3 is 5.97 Å². The molecule has 8 nitrogen and oxygen atoms in total. The molecular formula is C20H19ClN4O4S. The Balaban J connectivity index is 1.55. The summed E-state index contributed by atoms with van der Waals surface area (Å²) in [7, 11) is 0. The molecule has 0 fully saturated rings. The topological polar surface area (TPSA) is 95.3 Å². The highest BCUT2D eigenvalue weighted by atomic mass is 35.5. The molecule has 0 aliphatic rings. The van der Waals surface area contributed by atoms with Crippen molar-refractivity contribution in [3.05, 3.63) is 59.9 Å². The van der Waals surface area contributed by atoms with Crippen LogP contribution >= 0.6 is 23.4 Å². The molecule has 1 heterocycles. The van der Waals surface area contributed by atoms with Gasteiger partial charge in [0, 0.05) is 16.8 Å². The number of halogens is 1. The Hall–Kier alpha value is -3.04. The first-order chi connectivity index (χ1) is 14.5. The molecule has 0 saturated carbocycles. The van der Waals surface area contributed by atoms with Crippen LogP contribution in [0.25, 0.3) is 5.69 Å². The minimum Gasteiger partial charge on any atom is -0.482 e. The van der Waals surface area contributed by atoms with Crippen molar-refractivity contribution in [1.82, 2.24) is 14.8 Å². The molecule has 3 rings (SSSR count). The van der Waals surface area contributed by atoms with Gasteiger partial charge in [0.1, 0.15) is 12.1 Å². The fraction of sp³-hybridized carbons (Fsp3) is 0.200. The molecule has 0 bridgehead atoms. The molecule has 10 heteroatoms. The minimum absolute atomic E-state index is 0.132. The van der Waals surface area contributed by atoms with Crippen molar-refractivity contribution in [2.24, 2.45) is 0 Å². The smallest absolute Gasteiger partial charge is 0.344 e. The molecule has 0 radical (unpaired) electrons. The third-order valence-corrected chi connectivity index (χ3v) is 4.89. The molecule has 0 saturated heterocycles. The van der Waals surface area contributed by atoms with Crippen LogP contribution in [-0.4, -0.2) is 45.6 Å². The van der Waals surface area contributed by atoms with Crippen LogP contribution < -0.4 is 10.1 Å². The van der Waals surface area contributed by atoms with Gasteiger partial charge in [0.15, 0.2) is 11.8 Å². The predicted molar refractivity (Wildman–Crippen MR) is 114 cm³/mol. The maximum absolute atomic E-state index is 12.3. The van der Waals surface area contributed by atoms with Crippen LogP contribution in [0.15, 0.2) is 60.0 Å². The lowest BCUT2D eigenvalue weighted by Crippen LogP contribution is -2.16. The Bertz CT molecular complexity index is 1030. The molecule has 30 heavy (non-hydrogen) atoms. The molecule has 0 aliphatic carbocycles. The van der Waals surface area contributed by atoms with Gasteiger partial charge in [-0.25, -0.2) is 4.79 Å². The number of nitrogens with zero attached hydrogens (tertiary/aromatic N) is 3. The lowest BCUT2D eigenvalue weighted by Gasteiger charge is -2.09. The van der Waals surface area contributed by atoms with Gasteiger partial charge in [-0.1, -0.05) is 35.5 Å². The average Bonchev–Trinajstić information content (AvgIpc) is 3.20. The first kappa shape index (κ1) is 21.7. The maximum atomic E-state index is 12.3. The van der Waals surface area contributed by atoms with Crippen molar-refractivity contribution in [3.8, 4) is 11.4 Å². The SMILES string of the molecule is CCOC(=O)COc1cccc(NC(=O)CSc2nncn2-c2cccc(Cl)c2)c1. The average molecular weight is 447 g/mol. The Morgan fingerprint density at radius 1 is 1.20 bits per heavy atom. The van der Waals surface area contributed by atoms with Crippen LogP contribution in [0.3, 0.4) is 0 Å². The second-order valence-corrected chi connectivity index (χ2v) is 7.30. The number of carbonyl (C=O) groups excluding carboxylic acids is 2. The Kier molecular flexibility index (Phi) is 7.69. The maximum Gasteiger partial charge on any atom is 0.344 e. The third-order valence-electron chi connectivity index (χ3n) is 3.72. The number of thioether (sulfide) groups is 1. The monoisotopic (exact) mass is 446 g/mol. The number of rotatable bonds is 9. The molecular weight excluding hydrogens is 428 g/mol. The Morgan fingerprint density at radius 2 is 2.03 bits per heavy atom. The van der Waals surface area contributed by atoms with Crippen molar-refractivity contribution in [2.75, 3.05) is 24.3 Å². The number of nitrogens with one attached hydrogen (secondary N) is 1. The summed E-state index contributed by atoms with van der Waals surface area (Å²) >= 11 is 7.29. The predicted octanol–water partition coefficient (Wildman–Crippen LogP) is 3.59. The van der Waals surface area contributed by atoms with Crippen molar-refractivity contribution >= 4 is 40.9 Å². The zero-order valence-electron chi connectivity index (χ0n) is 16.1. The van der Waals surface area contributed by atoms with Crippen molar-refractivity contribution in [1.29, 1.82) is 0 Å². The first-order valence-electron chi connectivity index (χ1n) is 9.02. The van der Waals surface area contributed by atoms with E-state index in [0.717, 1.165) is 5.69 Å². The van der Waals surface area contributed by atoms with Crippen molar-refractivity contribution < 1.29 is 19.1 Å². The second-order valence-electron chi connectivity index (χ2n) is 5.92. The van der Waals surface area contributed by atoms with Gasteiger partial charge in [-0.3, -0.25) is 9.36 Å². The van der Waals surface area contributed by atoms with Gasteiger partial charge in [0.05, 0.1) is 18.0 Å². The van der Waals surface area contributed by atoms with E-state index in [2.05, 4.69) is 15.5 Å². The van der Waals surface area contributed by atoms with Gasteiger partial charge in [-0.15, -0.1) is 10.2 Å². The van der Waals surface area contributed by atoms with E-state index >= 15 is 0 Å². The Labute approximate surface area is 182 Å². The number of hydrogen-bond acceptors (Lipinski definition) is 7. The largest absolute Gasteiger partial charge is 0.482 e. The number of amides is 1. The summed E-state index contributed by atoms with van der Waals surface area (Å²) in [6.07, 6.45) is 1.57. The number of anilines is 1. The molecule has 1 amide bonds. The number of esters is 1. The van der Waals surface area contributed by atoms with Crippen LogP contribution in [0, 0.1) is 0 Å². The third kappa shape index (κ3) is 6.23.